The van der Waals surface area contributed by atoms with Gasteiger partial charge < -0.3 is 15.5 Å². The maximum atomic E-state index is 11.9. The lowest BCUT2D eigenvalue weighted by atomic mass is 10.2. The molecule has 8 nitrogen and oxygen atoms in total. The Bertz CT molecular complexity index is 739. The van der Waals surface area contributed by atoms with E-state index in [0.717, 1.165) is 12.1 Å². The second-order valence-electron chi connectivity index (χ2n) is 3.89. The summed E-state index contributed by atoms with van der Waals surface area (Å²) in [7, 11) is 0. The SMILES string of the molecule is O=C(Nc1ccc(O)c(C(=O)O)c1)c1ccc([N+](=O)[O-])s1. The Kier molecular flexibility index (Phi) is 3.85. The van der Waals surface area contributed by atoms with Crippen LogP contribution in [0.1, 0.15) is 20.0 Å². The molecule has 0 radical (unpaired) electrons. The summed E-state index contributed by atoms with van der Waals surface area (Å²) in [4.78, 5) is 32.8. The van der Waals surface area contributed by atoms with Crippen LogP contribution in [0, 0.1) is 10.1 Å². The lowest BCUT2D eigenvalue weighted by molar-refractivity contribution is -0.380. The number of carbonyl (C=O) groups excluding carboxylic acids is 1. The van der Waals surface area contributed by atoms with Crippen molar-refractivity contribution in [2.45, 2.75) is 0 Å². The minimum absolute atomic E-state index is 0.117. The van der Waals surface area contributed by atoms with E-state index in [-0.39, 0.29) is 21.1 Å². The van der Waals surface area contributed by atoms with Gasteiger partial charge >= 0.3 is 11.0 Å². The second-order valence-corrected chi connectivity index (χ2v) is 4.95. The number of nitrogens with zero attached hydrogens (tertiary/aromatic N) is 1. The number of thiophene rings is 1. The third kappa shape index (κ3) is 3.15. The van der Waals surface area contributed by atoms with Gasteiger partial charge in [0.2, 0.25) is 0 Å². The van der Waals surface area contributed by atoms with Crippen molar-refractivity contribution in [2.75, 3.05) is 5.32 Å². The molecular formula is C12H8N2O6S. The highest BCUT2D eigenvalue weighted by Crippen LogP contribution is 2.26. The van der Waals surface area contributed by atoms with Crippen molar-refractivity contribution in [3.63, 3.8) is 0 Å². The van der Waals surface area contributed by atoms with Crippen LogP contribution in [-0.4, -0.2) is 27.0 Å². The molecule has 1 heterocycles. The molecule has 21 heavy (non-hydrogen) atoms. The van der Waals surface area contributed by atoms with Gasteiger partial charge in [0.25, 0.3) is 5.91 Å². The molecule has 0 atom stereocenters. The zero-order valence-electron chi connectivity index (χ0n) is 10.3. The van der Waals surface area contributed by atoms with Crippen molar-refractivity contribution in [3.05, 3.63) is 50.9 Å². The van der Waals surface area contributed by atoms with Gasteiger partial charge in [-0.15, -0.1) is 0 Å². The molecule has 0 bridgehead atoms. The normalized spacial score (nSPS) is 10.1. The number of aromatic carboxylic acids is 1. The number of carbonyl (C=O) groups is 2. The molecule has 0 saturated carbocycles. The Morgan fingerprint density at radius 3 is 2.52 bits per heavy atom. The molecule has 2 aromatic rings. The number of rotatable bonds is 4. The minimum Gasteiger partial charge on any atom is -0.507 e. The smallest absolute Gasteiger partial charge is 0.339 e. The van der Waals surface area contributed by atoms with Crippen LogP contribution in [-0.2, 0) is 0 Å². The van der Waals surface area contributed by atoms with Crippen LogP contribution in [0.3, 0.4) is 0 Å². The van der Waals surface area contributed by atoms with E-state index in [1.807, 2.05) is 0 Å². The molecule has 0 saturated heterocycles. The number of phenols is 1. The number of aromatic hydroxyl groups is 1. The summed E-state index contributed by atoms with van der Waals surface area (Å²) in [6.45, 7) is 0. The maximum Gasteiger partial charge on any atom is 0.339 e. The average Bonchev–Trinajstić information content (AvgIpc) is 2.90. The molecule has 0 unspecified atom stereocenters. The summed E-state index contributed by atoms with van der Waals surface area (Å²) in [6.07, 6.45) is 0. The van der Waals surface area contributed by atoms with Crippen molar-refractivity contribution in [3.8, 4) is 5.75 Å². The predicted molar refractivity (Wildman–Crippen MR) is 74.0 cm³/mol. The van der Waals surface area contributed by atoms with Gasteiger partial charge in [-0.3, -0.25) is 14.9 Å². The fourth-order valence-electron chi connectivity index (χ4n) is 1.53. The quantitative estimate of drug-likeness (QED) is 0.451. The highest BCUT2D eigenvalue weighted by molar-refractivity contribution is 7.17. The summed E-state index contributed by atoms with van der Waals surface area (Å²) in [5.74, 6) is -2.36. The fraction of sp³-hybridized carbons (Fsp3) is 0. The number of nitro groups is 1. The molecule has 1 aromatic heterocycles. The van der Waals surface area contributed by atoms with Crippen LogP contribution in [0.5, 0.6) is 5.75 Å². The molecular weight excluding hydrogens is 300 g/mol. The van der Waals surface area contributed by atoms with Gasteiger partial charge in [-0.1, -0.05) is 11.3 Å². The Labute approximate surface area is 121 Å². The van der Waals surface area contributed by atoms with Gasteiger partial charge in [0, 0.05) is 11.8 Å². The van der Waals surface area contributed by atoms with E-state index in [9.17, 15) is 24.8 Å². The first-order valence-corrected chi connectivity index (χ1v) is 6.32. The van der Waals surface area contributed by atoms with Crippen LogP contribution < -0.4 is 5.32 Å². The van der Waals surface area contributed by atoms with Gasteiger partial charge in [0.1, 0.15) is 11.3 Å². The van der Waals surface area contributed by atoms with Crippen molar-refractivity contribution in [1.29, 1.82) is 0 Å². The standard InChI is InChI=1S/C12H8N2O6S/c15-8-2-1-6(5-7(8)12(17)18)13-11(16)9-3-4-10(21-9)14(19)20/h1-5,15H,(H,13,16)(H,17,18). The topological polar surface area (TPSA) is 130 Å². The van der Waals surface area contributed by atoms with Crippen LogP contribution in [0.4, 0.5) is 10.7 Å². The first-order chi connectivity index (χ1) is 9.88. The fourth-order valence-corrected chi connectivity index (χ4v) is 2.24. The summed E-state index contributed by atoms with van der Waals surface area (Å²) in [5, 5.41) is 31.0. The number of amides is 1. The van der Waals surface area contributed by atoms with E-state index in [2.05, 4.69) is 5.32 Å². The molecule has 0 spiro atoms. The molecule has 0 aliphatic carbocycles. The number of carboxylic acid groups (broad SMARTS) is 1. The molecule has 1 amide bonds. The number of anilines is 1. The van der Waals surface area contributed by atoms with E-state index < -0.39 is 22.5 Å². The Hall–Kier alpha value is -2.94. The Morgan fingerprint density at radius 2 is 1.95 bits per heavy atom. The van der Waals surface area contributed by atoms with E-state index >= 15 is 0 Å². The highest BCUT2D eigenvalue weighted by Gasteiger charge is 2.16. The second kappa shape index (κ2) is 5.59. The third-order valence-electron chi connectivity index (χ3n) is 2.48. The molecule has 0 aliphatic rings. The van der Waals surface area contributed by atoms with Gasteiger partial charge in [0.05, 0.1) is 9.80 Å². The zero-order valence-corrected chi connectivity index (χ0v) is 11.1. The lowest BCUT2D eigenvalue weighted by Gasteiger charge is -2.05. The molecule has 3 N–H and O–H groups in total. The van der Waals surface area contributed by atoms with Crippen molar-refractivity contribution < 1.29 is 24.7 Å². The number of carboxylic acids is 1. The molecule has 108 valence electrons. The van der Waals surface area contributed by atoms with E-state index in [0.29, 0.717) is 11.3 Å². The summed E-state index contributed by atoms with van der Waals surface area (Å²) in [5.41, 5.74) is -0.198. The number of hydrogen-bond donors (Lipinski definition) is 3. The van der Waals surface area contributed by atoms with Crippen LogP contribution in [0.25, 0.3) is 0 Å². The Morgan fingerprint density at radius 1 is 1.24 bits per heavy atom. The number of hydrogen-bond acceptors (Lipinski definition) is 6. The van der Waals surface area contributed by atoms with Crippen molar-refractivity contribution in [1.82, 2.24) is 0 Å². The summed E-state index contributed by atoms with van der Waals surface area (Å²) >= 11 is 0.705. The van der Waals surface area contributed by atoms with Crippen molar-refractivity contribution >= 4 is 33.9 Å². The molecule has 0 aliphatic heterocycles. The summed E-state index contributed by atoms with van der Waals surface area (Å²) < 4.78 is 0. The lowest BCUT2D eigenvalue weighted by Crippen LogP contribution is -2.10. The van der Waals surface area contributed by atoms with Crippen LogP contribution >= 0.6 is 11.3 Å². The number of benzene rings is 1. The first-order valence-electron chi connectivity index (χ1n) is 5.50. The summed E-state index contributed by atoms with van der Waals surface area (Å²) in [6, 6.07) is 6.06. The van der Waals surface area contributed by atoms with Crippen molar-refractivity contribution in [2.24, 2.45) is 0 Å². The monoisotopic (exact) mass is 308 g/mol. The Balaban J connectivity index is 2.21. The largest absolute Gasteiger partial charge is 0.507 e. The molecule has 0 fully saturated rings. The number of nitrogens with one attached hydrogen (secondary N) is 1. The first kappa shape index (κ1) is 14.5. The maximum absolute atomic E-state index is 11.9. The van der Waals surface area contributed by atoms with Gasteiger partial charge in [0.15, 0.2) is 0 Å². The average molecular weight is 308 g/mol. The van der Waals surface area contributed by atoms with Gasteiger partial charge in [-0.25, -0.2) is 4.79 Å². The third-order valence-corrected chi connectivity index (χ3v) is 3.52. The predicted octanol–water partition coefficient (Wildman–Crippen LogP) is 2.31. The van der Waals surface area contributed by atoms with E-state index in [1.54, 1.807) is 0 Å². The van der Waals surface area contributed by atoms with Gasteiger partial charge in [-0.2, -0.15) is 0 Å². The molecule has 2 rings (SSSR count). The zero-order chi connectivity index (χ0) is 15.6. The van der Waals surface area contributed by atoms with Gasteiger partial charge in [-0.05, 0) is 24.3 Å². The van der Waals surface area contributed by atoms with E-state index in [1.165, 1.54) is 18.2 Å². The molecule has 9 heteroatoms. The highest BCUT2D eigenvalue weighted by atomic mass is 32.1. The van der Waals surface area contributed by atoms with Crippen LogP contribution in [0.15, 0.2) is 30.3 Å². The van der Waals surface area contributed by atoms with E-state index in [4.69, 9.17) is 5.11 Å². The molecule has 1 aromatic carbocycles. The van der Waals surface area contributed by atoms with Crippen LogP contribution in [0.2, 0.25) is 0 Å². The minimum atomic E-state index is -1.34.